The Morgan fingerprint density at radius 3 is 2.31 bits per heavy atom. The van der Waals surface area contributed by atoms with Gasteiger partial charge in [-0.25, -0.2) is 0 Å². The highest BCUT2D eigenvalue weighted by Gasteiger charge is 2.21. The van der Waals surface area contributed by atoms with Crippen molar-refractivity contribution < 1.29 is 19.1 Å². The van der Waals surface area contributed by atoms with Crippen LogP contribution in [-0.2, 0) is 14.9 Å². The molecule has 1 amide bonds. The first kappa shape index (κ1) is 19.8. The smallest absolute Gasteiger partial charge is 0.326 e. The molecule has 26 heavy (non-hydrogen) atoms. The van der Waals surface area contributed by atoms with Crippen molar-refractivity contribution in [2.45, 2.75) is 39.2 Å². The van der Waals surface area contributed by atoms with Gasteiger partial charge in [0.1, 0.15) is 6.54 Å². The number of ketones is 1. The number of carbonyl (C=O) groups is 3. The largest absolute Gasteiger partial charge is 0.453 e. The first-order valence-corrected chi connectivity index (χ1v) is 9.22. The van der Waals surface area contributed by atoms with E-state index in [1.807, 2.05) is 12.1 Å². The van der Waals surface area contributed by atoms with Gasteiger partial charge in [0, 0.05) is 5.56 Å². The van der Waals surface area contributed by atoms with E-state index in [1.165, 1.54) is 18.3 Å². The van der Waals surface area contributed by atoms with E-state index in [4.69, 9.17) is 4.74 Å². The molecule has 1 atom stereocenters. The van der Waals surface area contributed by atoms with Crippen LogP contribution in [0.4, 0.5) is 0 Å². The van der Waals surface area contributed by atoms with E-state index in [0.29, 0.717) is 10.4 Å². The van der Waals surface area contributed by atoms with Gasteiger partial charge in [0.15, 0.2) is 6.10 Å². The number of nitrogens with one attached hydrogen (secondary N) is 1. The lowest BCUT2D eigenvalue weighted by Crippen LogP contribution is -2.33. The molecule has 0 unspecified atom stereocenters. The molecule has 0 spiro atoms. The molecule has 6 heteroatoms. The zero-order valence-corrected chi connectivity index (χ0v) is 16.2. The van der Waals surface area contributed by atoms with Gasteiger partial charge in [0.25, 0.3) is 5.91 Å². The average Bonchev–Trinajstić information content (AvgIpc) is 3.13. The Hall–Kier alpha value is -2.47. The van der Waals surface area contributed by atoms with Crippen LogP contribution >= 0.6 is 11.3 Å². The normalized spacial score (nSPS) is 12.3. The van der Waals surface area contributed by atoms with Gasteiger partial charge in [-0.05, 0) is 29.3 Å². The molecule has 1 aromatic heterocycles. The zero-order chi connectivity index (χ0) is 19.3. The van der Waals surface area contributed by atoms with Crippen molar-refractivity contribution in [3.63, 3.8) is 0 Å². The van der Waals surface area contributed by atoms with Gasteiger partial charge in [0.05, 0.1) is 4.88 Å². The monoisotopic (exact) mass is 373 g/mol. The highest BCUT2D eigenvalue weighted by molar-refractivity contribution is 7.12. The summed E-state index contributed by atoms with van der Waals surface area (Å²) < 4.78 is 5.13. The third kappa shape index (κ3) is 5.26. The Morgan fingerprint density at radius 1 is 1.12 bits per heavy atom. The predicted octanol–water partition coefficient (Wildman–Crippen LogP) is 3.59. The minimum absolute atomic E-state index is 0.000427. The Labute approximate surface area is 157 Å². The van der Waals surface area contributed by atoms with Crippen molar-refractivity contribution in [2.75, 3.05) is 6.54 Å². The van der Waals surface area contributed by atoms with E-state index in [2.05, 4.69) is 26.1 Å². The number of carbonyl (C=O) groups excluding carboxylic acids is 3. The van der Waals surface area contributed by atoms with Crippen molar-refractivity contribution in [1.29, 1.82) is 0 Å². The van der Waals surface area contributed by atoms with Crippen LogP contribution in [0.5, 0.6) is 0 Å². The molecular weight excluding hydrogens is 350 g/mol. The van der Waals surface area contributed by atoms with E-state index in [1.54, 1.807) is 29.6 Å². The van der Waals surface area contributed by atoms with Crippen molar-refractivity contribution in [2.24, 2.45) is 0 Å². The summed E-state index contributed by atoms with van der Waals surface area (Å²) in [7, 11) is 0. The second kappa shape index (κ2) is 8.27. The van der Waals surface area contributed by atoms with Crippen molar-refractivity contribution >= 4 is 29.0 Å². The van der Waals surface area contributed by atoms with Crippen LogP contribution in [0.25, 0.3) is 0 Å². The standard InChI is InChI=1S/C20H23NO4S/c1-13(18(23)14-7-9-15(10-8-14)20(2,3)4)25-17(22)12-21-19(24)16-6-5-11-26-16/h5-11,13H,12H2,1-4H3,(H,21,24)/t13-/m1/s1. The van der Waals surface area contributed by atoms with E-state index < -0.39 is 12.1 Å². The van der Waals surface area contributed by atoms with E-state index in [9.17, 15) is 14.4 Å². The molecule has 0 fully saturated rings. The summed E-state index contributed by atoms with van der Waals surface area (Å²) in [5.74, 6) is -1.26. The lowest BCUT2D eigenvalue weighted by atomic mass is 9.86. The summed E-state index contributed by atoms with van der Waals surface area (Å²) in [6.07, 6.45) is -0.915. The SMILES string of the molecule is C[C@@H](OC(=O)CNC(=O)c1cccs1)C(=O)c1ccc(C(C)(C)C)cc1. The fraction of sp³-hybridized carbons (Fsp3) is 0.350. The lowest BCUT2D eigenvalue weighted by Gasteiger charge is -2.19. The van der Waals surface area contributed by atoms with Gasteiger partial charge in [-0.1, -0.05) is 51.1 Å². The van der Waals surface area contributed by atoms with E-state index >= 15 is 0 Å². The highest BCUT2D eigenvalue weighted by atomic mass is 32.1. The number of hydrogen-bond acceptors (Lipinski definition) is 5. The number of esters is 1. The third-order valence-corrected chi connectivity index (χ3v) is 4.72. The van der Waals surface area contributed by atoms with E-state index in [-0.39, 0.29) is 23.7 Å². The summed E-state index contributed by atoms with van der Waals surface area (Å²) in [4.78, 5) is 36.6. The van der Waals surface area contributed by atoms with Gasteiger partial charge in [-0.15, -0.1) is 11.3 Å². The minimum Gasteiger partial charge on any atom is -0.453 e. The molecular formula is C20H23NO4S. The molecule has 0 saturated heterocycles. The summed E-state index contributed by atoms with van der Waals surface area (Å²) in [5, 5.41) is 4.26. The van der Waals surface area contributed by atoms with Crippen molar-refractivity contribution in [3.05, 3.63) is 57.8 Å². The second-order valence-corrected chi connectivity index (χ2v) is 7.93. The molecule has 0 saturated carbocycles. The molecule has 1 N–H and O–H groups in total. The molecule has 0 aliphatic carbocycles. The first-order chi connectivity index (χ1) is 12.2. The lowest BCUT2D eigenvalue weighted by molar-refractivity contribution is -0.145. The first-order valence-electron chi connectivity index (χ1n) is 8.34. The highest BCUT2D eigenvalue weighted by Crippen LogP contribution is 2.22. The predicted molar refractivity (Wildman–Crippen MR) is 102 cm³/mol. The Morgan fingerprint density at radius 2 is 1.77 bits per heavy atom. The number of Topliss-reactive ketones (excluding diaryl/α,β-unsaturated/α-hetero) is 1. The fourth-order valence-electron chi connectivity index (χ4n) is 2.31. The maximum Gasteiger partial charge on any atom is 0.326 e. The van der Waals surface area contributed by atoms with Crippen LogP contribution in [0.2, 0.25) is 0 Å². The molecule has 0 aliphatic rings. The molecule has 0 aliphatic heterocycles. The summed E-state index contributed by atoms with van der Waals surface area (Å²) in [6, 6.07) is 10.7. The quantitative estimate of drug-likeness (QED) is 0.620. The maximum atomic E-state index is 12.4. The van der Waals surface area contributed by atoms with Crippen molar-refractivity contribution in [3.8, 4) is 0 Å². The molecule has 138 valence electrons. The molecule has 1 heterocycles. The Balaban J connectivity index is 1.88. The number of amides is 1. The maximum absolute atomic E-state index is 12.4. The molecule has 0 bridgehead atoms. The van der Waals surface area contributed by atoms with Crippen LogP contribution in [0.1, 0.15) is 53.3 Å². The van der Waals surface area contributed by atoms with Crippen LogP contribution in [0.15, 0.2) is 41.8 Å². The molecule has 1 aromatic carbocycles. The average molecular weight is 373 g/mol. The van der Waals surface area contributed by atoms with Gasteiger partial charge in [0.2, 0.25) is 5.78 Å². The van der Waals surface area contributed by atoms with Crippen molar-refractivity contribution in [1.82, 2.24) is 5.32 Å². The van der Waals surface area contributed by atoms with Gasteiger partial charge in [-0.3, -0.25) is 14.4 Å². The number of hydrogen-bond donors (Lipinski definition) is 1. The summed E-state index contributed by atoms with van der Waals surface area (Å²) in [6.45, 7) is 7.53. The molecule has 0 radical (unpaired) electrons. The Bertz CT molecular complexity index is 773. The summed E-state index contributed by atoms with van der Waals surface area (Å²) in [5.41, 5.74) is 1.61. The van der Waals surface area contributed by atoms with E-state index in [0.717, 1.165) is 5.56 Å². The molecule has 5 nitrogen and oxygen atoms in total. The minimum atomic E-state index is -0.915. The van der Waals surface area contributed by atoms with Gasteiger partial charge in [-0.2, -0.15) is 0 Å². The van der Waals surface area contributed by atoms with Crippen LogP contribution in [0.3, 0.4) is 0 Å². The number of ether oxygens (including phenoxy) is 1. The topological polar surface area (TPSA) is 72.5 Å². The van der Waals surface area contributed by atoms with Crippen LogP contribution in [0, 0.1) is 0 Å². The number of rotatable bonds is 6. The summed E-state index contributed by atoms with van der Waals surface area (Å²) >= 11 is 1.28. The number of benzene rings is 1. The fourth-order valence-corrected chi connectivity index (χ4v) is 2.95. The number of thiophene rings is 1. The molecule has 2 rings (SSSR count). The second-order valence-electron chi connectivity index (χ2n) is 6.98. The van der Waals surface area contributed by atoms with Gasteiger partial charge < -0.3 is 10.1 Å². The van der Waals surface area contributed by atoms with Crippen LogP contribution in [-0.4, -0.2) is 30.3 Å². The Kier molecular flexibility index (Phi) is 6.32. The third-order valence-electron chi connectivity index (χ3n) is 3.85. The molecule has 2 aromatic rings. The van der Waals surface area contributed by atoms with Gasteiger partial charge >= 0.3 is 5.97 Å². The zero-order valence-electron chi connectivity index (χ0n) is 15.4. The van der Waals surface area contributed by atoms with Crippen LogP contribution < -0.4 is 5.32 Å².